The molecule has 0 aromatic heterocycles. The number of aliphatic hydroxyl groups excluding tert-OH is 1. The first kappa shape index (κ1) is 9.14. The van der Waals surface area contributed by atoms with Crippen LogP contribution in [0.2, 0.25) is 0 Å². The van der Waals surface area contributed by atoms with E-state index in [9.17, 15) is 13.2 Å². The van der Waals surface area contributed by atoms with Gasteiger partial charge < -0.3 is 14.6 Å². The van der Waals surface area contributed by atoms with E-state index in [1.165, 1.54) is 0 Å². The highest BCUT2D eigenvalue weighted by molar-refractivity contribution is 5.49. The molecule has 1 heterocycles. The molecule has 1 aliphatic heterocycles. The molecular weight excluding hydrogens is 201 g/mol. The summed E-state index contributed by atoms with van der Waals surface area (Å²) in [5.74, 6) is -1.54. The molecule has 0 saturated heterocycles. The minimum Gasteiger partial charge on any atom is -0.395 e. The van der Waals surface area contributed by atoms with Gasteiger partial charge in [0, 0.05) is 0 Å². The van der Waals surface area contributed by atoms with Crippen molar-refractivity contribution in [3.63, 3.8) is 0 Å². The van der Waals surface area contributed by atoms with Gasteiger partial charge in [-0.1, -0.05) is 0 Å². The van der Waals surface area contributed by atoms with Gasteiger partial charge >= 0.3 is 6.29 Å². The maximum atomic E-state index is 13.0. The van der Waals surface area contributed by atoms with Crippen LogP contribution >= 0.6 is 0 Å². The van der Waals surface area contributed by atoms with Crippen LogP contribution in [0.3, 0.4) is 0 Å². The standard InChI is InChI=1S/C8H5F3O3/c9-5-1-2-6-7(4(5)3-12)14-8(10,11)13-6/h1-2,12H,3H2. The number of hydrogen-bond donors (Lipinski definition) is 1. The molecule has 2 rings (SSSR count). The molecule has 76 valence electrons. The predicted octanol–water partition coefficient (Wildman–Crippen LogP) is 1.64. The van der Waals surface area contributed by atoms with Crippen LogP contribution in [0, 0.1) is 5.82 Å². The van der Waals surface area contributed by atoms with Crippen LogP contribution in [0.4, 0.5) is 13.2 Å². The molecule has 0 bridgehead atoms. The van der Waals surface area contributed by atoms with Crippen LogP contribution in [0.15, 0.2) is 12.1 Å². The van der Waals surface area contributed by atoms with Crippen molar-refractivity contribution in [2.75, 3.05) is 0 Å². The van der Waals surface area contributed by atoms with Gasteiger partial charge in [-0.05, 0) is 12.1 Å². The highest BCUT2D eigenvalue weighted by atomic mass is 19.3. The van der Waals surface area contributed by atoms with Crippen molar-refractivity contribution in [1.29, 1.82) is 0 Å². The highest BCUT2D eigenvalue weighted by Crippen LogP contribution is 2.43. The summed E-state index contributed by atoms with van der Waals surface area (Å²) >= 11 is 0. The maximum absolute atomic E-state index is 13.0. The van der Waals surface area contributed by atoms with Gasteiger partial charge in [-0.3, -0.25) is 0 Å². The molecule has 0 atom stereocenters. The number of ether oxygens (including phenoxy) is 2. The van der Waals surface area contributed by atoms with Crippen LogP contribution in [-0.4, -0.2) is 11.4 Å². The molecule has 14 heavy (non-hydrogen) atoms. The van der Waals surface area contributed by atoms with Crippen molar-refractivity contribution in [3.05, 3.63) is 23.5 Å². The lowest BCUT2D eigenvalue weighted by Crippen LogP contribution is -2.26. The Morgan fingerprint density at radius 3 is 2.64 bits per heavy atom. The molecule has 6 heteroatoms. The second kappa shape index (κ2) is 2.78. The fraction of sp³-hybridized carbons (Fsp3) is 0.250. The van der Waals surface area contributed by atoms with Gasteiger partial charge in [-0.25, -0.2) is 4.39 Å². The van der Waals surface area contributed by atoms with Crippen molar-refractivity contribution >= 4 is 0 Å². The van der Waals surface area contributed by atoms with Crippen molar-refractivity contribution in [2.24, 2.45) is 0 Å². The number of aliphatic hydroxyl groups is 1. The number of rotatable bonds is 1. The summed E-state index contributed by atoms with van der Waals surface area (Å²) in [7, 11) is 0. The molecule has 0 saturated carbocycles. The molecule has 0 spiro atoms. The third-order valence-electron chi connectivity index (χ3n) is 1.77. The monoisotopic (exact) mass is 206 g/mol. The molecule has 0 aliphatic carbocycles. The predicted molar refractivity (Wildman–Crippen MR) is 38.5 cm³/mol. The zero-order valence-electron chi connectivity index (χ0n) is 6.76. The minimum absolute atomic E-state index is 0.277. The Hall–Kier alpha value is -1.43. The lowest BCUT2D eigenvalue weighted by atomic mass is 10.2. The van der Waals surface area contributed by atoms with E-state index in [4.69, 9.17) is 5.11 Å². The normalized spacial score (nSPS) is 17.1. The van der Waals surface area contributed by atoms with E-state index in [2.05, 4.69) is 9.47 Å². The average Bonchev–Trinajstić information content (AvgIpc) is 2.39. The molecule has 0 radical (unpaired) electrons. The van der Waals surface area contributed by atoms with Gasteiger partial charge in [-0.2, -0.15) is 0 Å². The van der Waals surface area contributed by atoms with Crippen molar-refractivity contribution < 1.29 is 27.8 Å². The fourth-order valence-corrected chi connectivity index (χ4v) is 1.19. The lowest BCUT2D eigenvalue weighted by Gasteiger charge is -2.05. The molecule has 1 aromatic carbocycles. The summed E-state index contributed by atoms with van der Waals surface area (Å²) in [4.78, 5) is 0. The van der Waals surface area contributed by atoms with Crippen molar-refractivity contribution in [2.45, 2.75) is 12.9 Å². The summed E-state index contributed by atoms with van der Waals surface area (Å²) in [6.45, 7) is -0.728. The lowest BCUT2D eigenvalue weighted by molar-refractivity contribution is -0.287. The molecule has 0 amide bonds. The fourth-order valence-electron chi connectivity index (χ4n) is 1.19. The topological polar surface area (TPSA) is 38.7 Å². The molecule has 3 nitrogen and oxygen atoms in total. The molecule has 1 aliphatic rings. The third-order valence-corrected chi connectivity index (χ3v) is 1.77. The summed E-state index contributed by atoms with van der Waals surface area (Å²) < 4.78 is 46.1. The minimum atomic E-state index is -3.79. The van der Waals surface area contributed by atoms with Gasteiger partial charge in [0.25, 0.3) is 0 Å². The third kappa shape index (κ3) is 1.27. The number of hydrogen-bond acceptors (Lipinski definition) is 3. The number of halogens is 3. The van der Waals surface area contributed by atoms with Gasteiger partial charge in [0.1, 0.15) is 5.82 Å². The largest absolute Gasteiger partial charge is 0.586 e. The van der Waals surface area contributed by atoms with E-state index < -0.39 is 24.5 Å². The van der Waals surface area contributed by atoms with E-state index in [1.807, 2.05) is 0 Å². The Morgan fingerprint density at radius 1 is 1.29 bits per heavy atom. The van der Waals surface area contributed by atoms with Gasteiger partial charge in [0.05, 0.1) is 12.2 Å². The van der Waals surface area contributed by atoms with Crippen LogP contribution < -0.4 is 9.47 Å². The summed E-state index contributed by atoms with van der Waals surface area (Å²) in [5.41, 5.74) is -0.334. The van der Waals surface area contributed by atoms with Crippen LogP contribution in [0.25, 0.3) is 0 Å². The Bertz CT molecular complexity index is 378. The average molecular weight is 206 g/mol. The van der Waals surface area contributed by atoms with Crippen molar-refractivity contribution in [3.8, 4) is 11.5 Å². The first-order chi connectivity index (χ1) is 6.53. The van der Waals surface area contributed by atoms with E-state index in [0.717, 1.165) is 12.1 Å². The summed E-state index contributed by atoms with van der Waals surface area (Å²) in [6.07, 6.45) is -3.79. The number of fused-ring (bicyclic) bond motifs is 1. The van der Waals surface area contributed by atoms with Crippen LogP contribution in [-0.2, 0) is 6.61 Å². The summed E-state index contributed by atoms with van der Waals surface area (Å²) in [6, 6.07) is 1.94. The van der Waals surface area contributed by atoms with Gasteiger partial charge in [0.15, 0.2) is 11.5 Å². The number of alkyl halides is 2. The molecule has 1 aromatic rings. The zero-order chi connectivity index (χ0) is 10.3. The second-order valence-corrected chi connectivity index (χ2v) is 2.68. The Labute approximate surface area is 76.7 Å². The SMILES string of the molecule is OCc1c(F)ccc2c1OC(F)(F)O2. The molecular formula is C8H5F3O3. The Kier molecular flexibility index (Phi) is 1.81. The van der Waals surface area contributed by atoms with Crippen LogP contribution in [0.1, 0.15) is 5.56 Å². The summed E-state index contributed by atoms with van der Waals surface area (Å²) in [5, 5.41) is 8.73. The smallest absolute Gasteiger partial charge is 0.395 e. The van der Waals surface area contributed by atoms with Crippen molar-refractivity contribution in [1.82, 2.24) is 0 Å². The molecule has 0 fully saturated rings. The van der Waals surface area contributed by atoms with Crippen LogP contribution in [0.5, 0.6) is 11.5 Å². The highest BCUT2D eigenvalue weighted by Gasteiger charge is 2.44. The van der Waals surface area contributed by atoms with E-state index >= 15 is 0 Å². The molecule has 0 unspecified atom stereocenters. The quantitative estimate of drug-likeness (QED) is 0.759. The van der Waals surface area contributed by atoms with Gasteiger partial charge in [-0.15, -0.1) is 8.78 Å². The number of benzene rings is 1. The van der Waals surface area contributed by atoms with E-state index in [1.54, 1.807) is 0 Å². The first-order valence-corrected chi connectivity index (χ1v) is 3.71. The Balaban J connectivity index is 2.52. The first-order valence-electron chi connectivity index (χ1n) is 3.71. The maximum Gasteiger partial charge on any atom is 0.586 e. The molecule has 1 N–H and O–H groups in total. The van der Waals surface area contributed by atoms with E-state index in [0.29, 0.717) is 0 Å². The van der Waals surface area contributed by atoms with E-state index in [-0.39, 0.29) is 11.3 Å². The Morgan fingerprint density at radius 2 is 2.00 bits per heavy atom. The second-order valence-electron chi connectivity index (χ2n) is 2.68. The van der Waals surface area contributed by atoms with Gasteiger partial charge in [0.2, 0.25) is 0 Å². The zero-order valence-corrected chi connectivity index (χ0v) is 6.76.